The molecule has 2 atom stereocenters. The third-order valence-electron chi connectivity index (χ3n) is 4.35. The molecule has 2 rings (SSSR count). The summed E-state index contributed by atoms with van der Waals surface area (Å²) >= 11 is 0. The summed E-state index contributed by atoms with van der Waals surface area (Å²) in [4.78, 5) is 25.5. The van der Waals surface area contributed by atoms with Crippen LogP contribution in [0.4, 0.5) is 5.69 Å². The molecule has 0 radical (unpaired) electrons. The number of nitrogens with one attached hydrogen (secondary N) is 3. The molecule has 6 heteroatoms. The van der Waals surface area contributed by atoms with Gasteiger partial charge in [0.25, 0.3) is 11.8 Å². The van der Waals surface area contributed by atoms with Crippen molar-refractivity contribution in [2.24, 2.45) is 0 Å². The molecule has 0 saturated carbocycles. The van der Waals surface area contributed by atoms with E-state index >= 15 is 0 Å². The van der Waals surface area contributed by atoms with Crippen molar-refractivity contribution in [1.82, 2.24) is 5.32 Å². The Bertz CT molecular complexity index is 749. The van der Waals surface area contributed by atoms with Crippen molar-refractivity contribution in [3.05, 3.63) is 60.2 Å². The van der Waals surface area contributed by atoms with Crippen molar-refractivity contribution in [2.75, 3.05) is 32.1 Å². The lowest BCUT2D eigenvalue weighted by Crippen LogP contribution is -3.14. The fraction of sp³-hybridized carbons (Fsp3) is 0.333. The summed E-state index contributed by atoms with van der Waals surface area (Å²) < 4.78 is 5.16. The van der Waals surface area contributed by atoms with Crippen LogP contribution in [0.15, 0.2) is 54.6 Å². The summed E-state index contributed by atoms with van der Waals surface area (Å²) in [7, 11) is 1.58. The van der Waals surface area contributed by atoms with E-state index in [1.54, 1.807) is 19.2 Å². The third kappa shape index (κ3) is 6.75. The zero-order valence-corrected chi connectivity index (χ0v) is 16.1. The van der Waals surface area contributed by atoms with Crippen molar-refractivity contribution >= 4 is 17.5 Å². The minimum absolute atomic E-state index is 0.0672. The number of carbonyl (C=O) groups is 2. The topological polar surface area (TPSA) is 71.9 Å². The highest BCUT2D eigenvalue weighted by Gasteiger charge is 2.18. The van der Waals surface area contributed by atoms with Gasteiger partial charge in [-0.3, -0.25) is 9.59 Å². The van der Waals surface area contributed by atoms with Gasteiger partial charge in [0, 0.05) is 11.8 Å². The first-order chi connectivity index (χ1) is 13.0. The molecule has 0 aliphatic carbocycles. The smallest absolute Gasteiger partial charge is 0.279 e. The van der Waals surface area contributed by atoms with Gasteiger partial charge < -0.3 is 20.3 Å². The molecule has 2 amide bonds. The maximum Gasteiger partial charge on any atom is 0.279 e. The molecule has 0 spiro atoms. The lowest BCUT2D eigenvalue weighted by atomic mass is 10.1. The van der Waals surface area contributed by atoms with Crippen molar-refractivity contribution < 1.29 is 19.2 Å². The molecule has 0 bridgehead atoms. The Morgan fingerprint density at radius 1 is 1.04 bits per heavy atom. The molecular formula is C21H28N3O3+. The van der Waals surface area contributed by atoms with E-state index < -0.39 is 0 Å². The van der Waals surface area contributed by atoms with E-state index in [0.29, 0.717) is 18.0 Å². The summed E-state index contributed by atoms with van der Waals surface area (Å²) in [5.74, 6) is 0.475. The van der Waals surface area contributed by atoms with Gasteiger partial charge in [-0.1, -0.05) is 36.4 Å². The van der Waals surface area contributed by atoms with Gasteiger partial charge in [0.15, 0.2) is 13.1 Å². The van der Waals surface area contributed by atoms with E-state index in [-0.39, 0.29) is 30.9 Å². The molecule has 144 valence electrons. The molecule has 0 aliphatic heterocycles. The second-order valence-electron chi connectivity index (χ2n) is 6.44. The van der Waals surface area contributed by atoms with Crippen LogP contribution in [0, 0.1) is 0 Å². The highest BCUT2D eigenvalue weighted by atomic mass is 16.5. The molecular weight excluding hydrogens is 342 g/mol. The monoisotopic (exact) mass is 370 g/mol. The molecule has 2 aromatic carbocycles. The second kappa shape index (κ2) is 10.3. The third-order valence-corrected chi connectivity index (χ3v) is 4.35. The number of quaternary nitrogens is 1. The number of amides is 2. The van der Waals surface area contributed by atoms with Crippen molar-refractivity contribution in [3.63, 3.8) is 0 Å². The lowest BCUT2D eigenvalue weighted by Gasteiger charge is -2.19. The Morgan fingerprint density at radius 2 is 1.74 bits per heavy atom. The first-order valence-electron chi connectivity index (χ1n) is 9.13. The highest BCUT2D eigenvalue weighted by Crippen LogP contribution is 2.16. The van der Waals surface area contributed by atoms with Gasteiger partial charge in [-0.05, 0) is 31.5 Å². The number of methoxy groups -OCH3 is 1. The van der Waals surface area contributed by atoms with E-state index in [1.165, 1.54) is 0 Å². The van der Waals surface area contributed by atoms with E-state index in [2.05, 4.69) is 10.6 Å². The molecule has 0 aliphatic rings. The number of benzene rings is 2. The number of likely N-dealkylation sites (N-methyl/N-ethyl adjacent to an activating group) is 1. The molecule has 0 aromatic heterocycles. The van der Waals surface area contributed by atoms with Gasteiger partial charge in [0.05, 0.1) is 19.7 Å². The van der Waals surface area contributed by atoms with Gasteiger partial charge in [0.1, 0.15) is 5.75 Å². The van der Waals surface area contributed by atoms with E-state index in [1.807, 2.05) is 56.3 Å². The van der Waals surface area contributed by atoms with Crippen molar-refractivity contribution in [2.45, 2.75) is 19.9 Å². The summed E-state index contributed by atoms with van der Waals surface area (Å²) in [5.41, 5.74) is 1.73. The Hall–Kier alpha value is -2.86. The Balaban J connectivity index is 1.84. The van der Waals surface area contributed by atoms with Crippen LogP contribution in [-0.2, 0) is 9.59 Å². The molecule has 27 heavy (non-hydrogen) atoms. The number of hydrogen-bond donors (Lipinski definition) is 3. The fourth-order valence-electron chi connectivity index (χ4n) is 2.79. The van der Waals surface area contributed by atoms with E-state index in [9.17, 15) is 9.59 Å². The molecule has 6 nitrogen and oxygen atoms in total. The van der Waals surface area contributed by atoms with Crippen LogP contribution >= 0.6 is 0 Å². The summed E-state index contributed by atoms with van der Waals surface area (Å²) in [6.07, 6.45) is 0. The minimum Gasteiger partial charge on any atom is -0.497 e. The number of anilines is 1. The molecule has 0 fully saturated rings. The minimum atomic E-state index is -0.135. The van der Waals surface area contributed by atoms with Crippen LogP contribution in [0.1, 0.15) is 25.5 Å². The summed E-state index contributed by atoms with van der Waals surface area (Å²) in [6.45, 7) is 5.06. The second-order valence-corrected chi connectivity index (χ2v) is 6.44. The molecule has 0 saturated heterocycles. The number of hydrogen-bond acceptors (Lipinski definition) is 3. The van der Waals surface area contributed by atoms with Gasteiger partial charge >= 0.3 is 0 Å². The number of carbonyl (C=O) groups excluding carboxylic acids is 2. The van der Waals surface area contributed by atoms with Crippen LogP contribution in [0.3, 0.4) is 0 Å². The first kappa shape index (κ1) is 20.5. The fourth-order valence-corrected chi connectivity index (χ4v) is 2.79. The van der Waals surface area contributed by atoms with E-state index in [0.717, 1.165) is 10.5 Å². The molecule has 0 heterocycles. The SMILES string of the molecule is CC[NH+](CC(=O)Nc1cccc(OC)c1)CC(=O)N[C@H](C)c1ccccc1. The molecule has 3 N–H and O–H groups in total. The maximum absolute atomic E-state index is 12.3. The summed E-state index contributed by atoms with van der Waals surface area (Å²) in [6, 6.07) is 16.9. The van der Waals surface area contributed by atoms with Crippen LogP contribution < -0.4 is 20.3 Å². The van der Waals surface area contributed by atoms with E-state index in [4.69, 9.17) is 4.74 Å². The van der Waals surface area contributed by atoms with Crippen LogP contribution in [-0.4, -0.2) is 38.6 Å². The van der Waals surface area contributed by atoms with Gasteiger partial charge in [0.2, 0.25) is 0 Å². The Morgan fingerprint density at radius 3 is 2.41 bits per heavy atom. The first-order valence-corrected chi connectivity index (χ1v) is 9.13. The molecule has 2 aromatic rings. The maximum atomic E-state index is 12.3. The summed E-state index contributed by atoms with van der Waals surface area (Å²) in [5, 5.41) is 5.84. The van der Waals surface area contributed by atoms with Crippen LogP contribution in [0.25, 0.3) is 0 Å². The van der Waals surface area contributed by atoms with Crippen molar-refractivity contribution in [1.29, 1.82) is 0 Å². The zero-order chi connectivity index (χ0) is 19.6. The van der Waals surface area contributed by atoms with Gasteiger partial charge in [-0.2, -0.15) is 0 Å². The average molecular weight is 370 g/mol. The van der Waals surface area contributed by atoms with Crippen LogP contribution in [0.5, 0.6) is 5.75 Å². The predicted molar refractivity (Wildman–Crippen MR) is 106 cm³/mol. The van der Waals surface area contributed by atoms with Gasteiger partial charge in [-0.25, -0.2) is 0 Å². The van der Waals surface area contributed by atoms with Crippen LogP contribution in [0.2, 0.25) is 0 Å². The highest BCUT2D eigenvalue weighted by molar-refractivity contribution is 5.91. The normalized spacial score (nSPS) is 12.7. The quantitative estimate of drug-likeness (QED) is 0.625. The lowest BCUT2D eigenvalue weighted by molar-refractivity contribution is -0.881. The van der Waals surface area contributed by atoms with Gasteiger partial charge in [-0.15, -0.1) is 0 Å². The Labute approximate surface area is 160 Å². The predicted octanol–water partition coefficient (Wildman–Crippen LogP) is 1.42. The largest absolute Gasteiger partial charge is 0.497 e. The average Bonchev–Trinajstić information content (AvgIpc) is 2.68. The molecule has 1 unspecified atom stereocenters. The number of rotatable bonds is 9. The number of ether oxygens (including phenoxy) is 1. The zero-order valence-electron chi connectivity index (χ0n) is 16.1. The van der Waals surface area contributed by atoms with Crippen molar-refractivity contribution in [3.8, 4) is 5.75 Å². The standard InChI is InChI=1S/C21H27N3O3/c1-4-24(14-20(25)22-16(2)17-9-6-5-7-10-17)15-21(26)23-18-11-8-12-19(13-18)27-3/h5-13,16H,4,14-15H2,1-3H3,(H,22,25)(H,23,26)/p+1/t16-/m1/s1. The Kier molecular flexibility index (Phi) is 7.82.